The predicted molar refractivity (Wildman–Crippen MR) is 52.6 cm³/mol. The van der Waals surface area contributed by atoms with E-state index in [4.69, 9.17) is 5.73 Å². The summed E-state index contributed by atoms with van der Waals surface area (Å²) in [4.78, 5) is 4.43. The van der Waals surface area contributed by atoms with Gasteiger partial charge in [0.05, 0.1) is 11.0 Å². The average molecular weight is 174 g/mol. The highest BCUT2D eigenvalue weighted by Gasteiger charge is 2.14. The van der Waals surface area contributed by atoms with E-state index >= 15 is 0 Å². The average Bonchev–Trinajstić information content (AvgIpc) is 2.62. The van der Waals surface area contributed by atoms with Crippen LogP contribution in [-0.2, 0) is 6.54 Å². The van der Waals surface area contributed by atoms with Crippen molar-refractivity contribution < 1.29 is 0 Å². The van der Waals surface area contributed by atoms with E-state index in [1.54, 1.807) is 0 Å². The zero-order valence-electron chi connectivity index (χ0n) is 7.12. The standard InChI is InChI=1S/C9H10N4/c10-6-1-2-8-7(5-6)12-9-11-3-4-13(8)9/h1-2,5H,3-4,10H2,(H,11,12). The van der Waals surface area contributed by atoms with Crippen LogP contribution in [0.1, 0.15) is 0 Å². The third-order valence-electron chi connectivity index (χ3n) is 2.39. The van der Waals surface area contributed by atoms with Gasteiger partial charge in [-0.1, -0.05) is 0 Å². The predicted octanol–water partition coefficient (Wildman–Crippen LogP) is 1.04. The first kappa shape index (κ1) is 6.77. The lowest BCUT2D eigenvalue weighted by Crippen LogP contribution is -1.95. The third-order valence-corrected chi connectivity index (χ3v) is 2.39. The first-order chi connectivity index (χ1) is 6.34. The van der Waals surface area contributed by atoms with Crippen LogP contribution in [-0.4, -0.2) is 16.1 Å². The molecule has 1 aromatic heterocycles. The van der Waals surface area contributed by atoms with Crippen LogP contribution >= 0.6 is 0 Å². The monoisotopic (exact) mass is 174 g/mol. The molecule has 0 radical (unpaired) electrons. The zero-order chi connectivity index (χ0) is 8.84. The van der Waals surface area contributed by atoms with Gasteiger partial charge in [0.2, 0.25) is 5.95 Å². The van der Waals surface area contributed by atoms with Crippen LogP contribution in [0.25, 0.3) is 11.0 Å². The van der Waals surface area contributed by atoms with Gasteiger partial charge in [0.15, 0.2) is 0 Å². The van der Waals surface area contributed by atoms with Gasteiger partial charge in [0, 0.05) is 18.8 Å². The zero-order valence-corrected chi connectivity index (χ0v) is 7.12. The second-order valence-electron chi connectivity index (χ2n) is 3.26. The molecule has 1 aliphatic heterocycles. The number of aromatic nitrogens is 2. The van der Waals surface area contributed by atoms with Crippen molar-refractivity contribution in [3.63, 3.8) is 0 Å². The van der Waals surface area contributed by atoms with E-state index in [1.807, 2.05) is 18.2 Å². The fourth-order valence-electron chi connectivity index (χ4n) is 1.79. The molecule has 0 unspecified atom stereocenters. The molecule has 0 saturated heterocycles. The smallest absolute Gasteiger partial charge is 0.204 e. The van der Waals surface area contributed by atoms with Crippen molar-refractivity contribution in [2.24, 2.45) is 0 Å². The molecule has 4 heteroatoms. The highest BCUT2D eigenvalue weighted by atomic mass is 15.3. The minimum atomic E-state index is 0.768. The van der Waals surface area contributed by atoms with Gasteiger partial charge >= 0.3 is 0 Å². The summed E-state index contributed by atoms with van der Waals surface area (Å²) >= 11 is 0. The topological polar surface area (TPSA) is 55.9 Å². The van der Waals surface area contributed by atoms with Gasteiger partial charge in [0.25, 0.3) is 0 Å². The Morgan fingerprint density at radius 2 is 2.38 bits per heavy atom. The largest absolute Gasteiger partial charge is 0.399 e. The van der Waals surface area contributed by atoms with Crippen LogP contribution in [0.15, 0.2) is 18.2 Å². The summed E-state index contributed by atoms with van der Waals surface area (Å²) in [5.74, 6) is 0.959. The molecule has 1 aliphatic rings. The molecule has 0 saturated carbocycles. The minimum Gasteiger partial charge on any atom is -0.399 e. The van der Waals surface area contributed by atoms with Gasteiger partial charge in [-0.25, -0.2) is 4.98 Å². The summed E-state index contributed by atoms with van der Waals surface area (Å²) in [5, 5.41) is 3.22. The van der Waals surface area contributed by atoms with E-state index in [1.165, 1.54) is 0 Å². The van der Waals surface area contributed by atoms with Gasteiger partial charge in [-0.15, -0.1) is 0 Å². The van der Waals surface area contributed by atoms with E-state index in [9.17, 15) is 0 Å². The van der Waals surface area contributed by atoms with E-state index < -0.39 is 0 Å². The molecule has 0 bridgehead atoms. The van der Waals surface area contributed by atoms with Crippen molar-refractivity contribution in [3.05, 3.63) is 18.2 Å². The van der Waals surface area contributed by atoms with Crippen LogP contribution in [0, 0.1) is 0 Å². The number of benzene rings is 1. The quantitative estimate of drug-likeness (QED) is 0.587. The van der Waals surface area contributed by atoms with E-state index in [0.717, 1.165) is 35.8 Å². The van der Waals surface area contributed by atoms with Crippen LogP contribution in [0.3, 0.4) is 0 Å². The molecule has 0 atom stereocenters. The molecule has 2 aromatic rings. The fourth-order valence-corrected chi connectivity index (χ4v) is 1.79. The summed E-state index contributed by atoms with van der Waals surface area (Å²) in [6, 6.07) is 5.84. The minimum absolute atomic E-state index is 0.768. The Morgan fingerprint density at radius 3 is 3.31 bits per heavy atom. The Labute approximate surface area is 75.4 Å². The lowest BCUT2D eigenvalue weighted by molar-refractivity contribution is 0.837. The Hall–Kier alpha value is -1.71. The molecule has 4 nitrogen and oxygen atoms in total. The number of rotatable bonds is 0. The van der Waals surface area contributed by atoms with Crippen molar-refractivity contribution in [3.8, 4) is 0 Å². The Kier molecular flexibility index (Phi) is 1.12. The Bertz CT molecular complexity index is 472. The molecular weight excluding hydrogens is 164 g/mol. The molecule has 66 valence electrons. The fraction of sp³-hybridized carbons (Fsp3) is 0.222. The Balaban J connectivity index is 2.38. The number of hydrogen-bond donors (Lipinski definition) is 2. The third kappa shape index (κ3) is 0.824. The molecule has 0 amide bonds. The van der Waals surface area contributed by atoms with Crippen LogP contribution in [0.5, 0.6) is 0 Å². The number of nitrogens with zero attached hydrogens (tertiary/aromatic N) is 2. The SMILES string of the molecule is Nc1ccc2c(c1)nc1n2CCN1. The maximum Gasteiger partial charge on any atom is 0.204 e. The van der Waals surface area contributed by atoms with Gasteiger partial charge in [-0.3, -0.25) is 0 Å². The molecule has 1 aromatic carbocycles. The number of hydrogen-bond acceptors (Lipinski definition) is 3. The van der Waals surface area contributed by atoms with E-state index in [0.29, 0.717) is 0 Å². The van der Waals surface area contributed by atoms with Gasteiger partial charge in [0.1, 0.15) is 0 Å². The van der Waals surface area contributed by atoms with Crippen LogP contribution < -0.4 is 11.1 Å². The second-order valence-corrected chi connectivity index (χ2v) is 3.26. The molecular formula is C9H10N4. The number of nitrogen functional groups attached to an aromatic ring is 1. The first-order valence-electron chi connectivity index (χ1n) is 4.34. The second kappa shape index (κ2) is 2.16. The van der Waals surface area contributed by atoms with Crippen molar-refractivity contribution in [1.82, 2.24) is 9.55 Å². The highest BCUT2D eigenvalue weighted by molar-refractivity contribution is 5.82. The summed E-state index contributed by atoms with van der Waals surface area (Å²) in [7, 11) is 0. The number of nitrogens with one attached hydrogen (secondary N) is 1. The maximum absolute atomic E-state index is 5.67. The lowest BCUT2D eigenvalue weighted by atomic mass is 10.3. The summed E-state index contributed by atoms with van der Waals surface area (Å²) in [6.07, 6.45) is 0. The number of anilines is 2. The molecule has 0 fully saturated rings. The van der Waals surface area contributed by atoms with E-state index in [-0.39, 0.29) is 0 Å². The van der Waals surface area contributed by atoms with Crippen molar-refractivity contribution in [2.75, 3.05) is 17.6 Å². The van der Waals surface area contributed by atoms with Crippen molar-refractivity contribution in [1.29, 1.82) is 0 Å². The van der Waals surface area contributed by atoms with E-state index in [2.05, 4.69) is 14.9 Å². The normalized spacial score (nSPS) is 14.5. The summed E-state index contributed by atoms with van der Waals surface area (Å²) < 4.78 is 2.18. The van der Waals surface area contributed by atoms with Crippen molar-refractivity contribution in [2.45, 2.75) is 6.54 Å². The Morgan fingerprint density at radius 1 is 1.46 bits per heavy atom. The molecule has 2 heterocycles. The van der Waals surface area contributed by atoms with Crippen LogP contribution in [0.2, 0.25) is 0 Å². The number of fused-ring (bicyclic) bond motifs is 3. The molecule has 0 aliphatic carbocycles. The number of imidazole rings is 1. The number of nitrogens with two attached hydrogens (primary N) is 1. The van der Waals surface area contributed by atoms with Crippen molar-refractivity contribution >= 4 is 22.7 Å². The van der Waals surface area contributed by atoms with Crippen LogP contribution in [0.4, 0.5) is 11.6 Å². The summed E-state index contributed by atoms with van der Waals surface area (Å²) in [6.45, 7) is 1.97. The van der Waals surface area contributed by atoms with Gasteiger partial charge in [-0.05, 0) is 18.2 Å². The first-order valence-corrected chi connectivity index (χ1v) is 4.34. The molecule has 3 rings (SSSR count). The van der Waals surface area contributed by atoms with Gasteiger partial charge in [-0.2, -0.15) is 0 Å². The highest BCUT2D eigenvalue weighted by Crippen LogP contribution is 2.24. The lowest BCUT2D eigenvalue weighted by Gasteiger charge is -1.96. The molecule has 13 heavy (non-hydrogen) atoms. The maximum atomic E-state index is 5.67. The summed E-state index contributed by atoms with van der Waals surface area (Å²) in [5.41, 5.74) is 8.58. The van der Waals surface area contributed by atoms with Gasteiger partial charge < -0.3 is 15.6 Å². The molecule has 0 spiro atoms. The molecule has 3 N–H and O–H groups in total.